The Morgan fingerprint density at radius 3 is 2.26 bits per heavy atom. The highest BCUT2D eigenvalue weighted by molar-refractivity contribution is 6.01. The van der Waals surface area contributed by atoms with Gasteiger partial charge >= 0.3 is 0 Å². The van der Waals surface area contributed by atoms with Gasteiger partial charge in [-0.15, -0.1) is 0 Å². The first kappa shape index (κ1) is 21.8. The summed E-state index contributed by atoms with van der Waals surface area (Å²) in [5.74, 6) is 0.915. The Labute approximate surface area is 199 Å². The molecule has 0 fully saturated rings. The molecule has 6 nitrogen and oxygen atoms in total. The average molecular weight is 454 g/mol. The fourth-order valence-electron chi connectivity index (χ4n) is 4.82. The molecule has 0 radical (unpaired) electrons. The summed E-state index contributed by atoms with van der Waals surface area (Å²) in [6, 6.07) is 23.4. The van der Waals surface area contributed by atoms with Crippen LogP contribution in [-0.4, -0.2) is 18.8 Å². The Bertz CT molecular complexity index is 1260. The number of amides is 1. The number of ether oxygens (including phenoxy) is 1. The van der Waals surface area contributed by atoms with Crippen molar-refractivity contribution < 1.29 is 14.3 Å². The highest BCUT2D eigenvalue weighted by atomic mass is 16.5. The van der Waals surface area contributed by atoms with Gasteiger partial charge < -0.3 is 20.7 Å². The average Bonchev–Trinajstić information content (AvgIpc) is 3.01. The molecule has 3 aromatic carbocycles. The van der Waals surface area contributed by atoms with Gasteiger partial charge in [0.05, 0.1) is 24.5 Å². The maximum absolute atomic E-state index is 13.6. The highest BCUT2D eigenvalue weighted by Gasteiger charge is 2.36. The van der Waals surface area contributed by atoms with Crippen molar-refractivity contribution in [1.82, 2.24) is 0 Å². The molecule has 0 aromatic heterocycles. The molecule has 0 unspecified atom stereocenters. The quantitative estimate of drug-likeness (QED) is 0.477. The Morgan fingerprint density at radius 2 is 1.59 bits per heavy atom. The summed E-state index contributed by atoms with van der Waals surface area (Å²) in [4.78, 5) is 25.0. The number of hydrogen-bond acceptors (Lipinski definition) is 5. The third-order valence-electron chi connectivity index (χ3n) is 6.46. The van der Waals surface area contributed by atoms with Gasteiger partial charge in [-0.2, -0.15) is 0 Å². The van der Waals surface area contributed by atoms with E-state index in [0.717, 1.165) is 51.6 Å². The first-order valence-electron chi connectivity index (χ1n) is 11.4. The van der Waals surface area contributed by atoms with E-state index in [9.17, 15) is 9.59 Å². The number of allylic oxidation sites excluding steroid dienone is 1. The van der Waals surface area contributed by atoms with Crippen LogP contribution in [0.4, 0.5) is 17.1 Å². The minimum atomic E-state index is -0.290. The number of anilines is 3. The van der Waals surface area contributed by atoms with Crippen LogP contribution in [0.1, 0.15) is 42.9 Å². The van der Waals surface area contributed by atoms with E-state index in [2.05, 4.69) is 16.0 Å². The van der Waals surface area contributed by atoms with Gasteiger partial charge in [0, 0.05) is 30.3 Å². The Balaban J connectivity index is 1.53. The number of carbonyl (C=O) groups is 2. The van der Waals surface area contributed by atoms with Crippen LogP contribution in [-0.2, 0) is 9.59 Å². The van der Waals surface area contributed by atoms with Gasteiger partial charge in [0.1, 0.15) is 5.75 Å². The second kappa shape index (κ2) is 9.06. The van der Waals surface area contributed by atoms with Crippen LogP contribution in [0.2, 0.25) is 0 Å². The van der Waals surface area contributed by atoms with Gasteiger partial charge in [0.2, 0.25) is 5.91 Å². The zero-order chi connectivity index (χ0) is 23.7. The first-order valence-corrected chi connectivity index (χ1v) is 11.4. The summed E-state index contributed by atoms with van der Waals surface area (Å²) in [6.45, 7) is 1.49. The molecule has 0 spiro atoms. The summed E-state index contributed by atoms with van der Waals surface area (Å²) >= 11 is 0. The van der Waals surface area contributed by atoms with Crippen molar-refractivity contribution in [3.8, 4) is 5.75 Å². The van der Waals surface area contributed by atoms with Crippen molar-refractivity contribution in [1.29, 1.82) is 0 Å². The van der Waals surface area contributed by atoms with E-state index in [1.807, 2.05) is 72.8 Å². The number of ketones is 1. The maximum Gasteiger partial charge on any atom is 0.221 e. The number of nitrogens with one attached hydrogen (secondary N) is 3. The summed E-state index contributed by atoms with van der Waals surface area (Å²) in [5, 5.41) is 9.96. The van der Waals surface area contributed by atoms with Gasteiger partial charge in [0.25, 0.3) is 0 Å². The zero-order valence-electron chi connectivity index (χ0n) is 19.2. The largest absolute Gasteiger partial charge is 0.497 e. The lowest BCUT2D eigenvalue weighted by atomic mass is 9.78. The molecule has 0 saturated carbocycles. The number of carbonyl (C=O) groups excluding carboxylic acids is 2. The Hall–Kier alpha value is -4.06. The molecule has 172 valence electrons. The minimum Gasteiger partial charge on any atom is -0.497 e. The number of para-hydroxylation sites is 2. The lowest BCUT2D eigenvalue weighted by molar-refractivity contribution is -0.116. The zero-order valence-corrected chi connectivity index (χ0v) is 19.2. The van der Waals surface area contributed by atoms with Gasteiger partial charge in [-0.25, -0.2) is 0 Å². The second-order valence-corrected chi connectivity index (χ2v) is 8.74. The molecule has 3 N–H and O–H groups in total. The van der Waals surface area contributed by atoms with Crippen LogP contribution >= 0.6 is 0 Å². The molecule has 1 heterocycles. The molecule has 2 atom stereocenters. The first-order chi connectivity index (χ1) is 16.5. The van der Waals surface area contributed by atoms with Crippen molar-refractivity contribution in [2.24, 2.45) is 0 Å². The van der Waals surface area contributed by atoms with Gasteiger partial charge in [-0.3, -0.25) is 9.59 Å². The normalized spacial score (nSPS) is 19.2. The third kappa shape index (κ3) is 4.27. The fourth-order valence-corrected chi connectivity index (χ4v) is 4.82. The van der Waals surface area contributed by atoms with Crippen LogP contribution < -0.4 is 20.7 Å². The van der Waals surface area contributed by atoms with Crippen molar-refractivity contribution in [2.75, 3.05) is 23.1 Å². The van der Waals surface area contributed by atoms with Gasteiger partial charge in [-0.05, 0) is 59.9 Å². The van der Waals surface area contributed by atoms with Crippen molar-refractivity contribution in [2.45, 2.75) is 31.7 Å². The van der Waals surface area contributed by atoms with Gasteiger partial charge in [-0.1, -0.05) is 36.4 Å². The molecular formula is C28H27N3O3. The molecular weight excluding hydrogens is 426 g/mol. The predicted octanol–water partition coefficient (Wildman–Crippen LogP) is 5.63. The third-order valence-corrected chi connectivity index (χ3v) is 6.46. The summed E-state index contributed by atoms with van der Waals surface area (Å²) in [5.41, 5.74) is 6.45. The van der Waals surface area contributed by atoms with Crippen molar-refractivity contribution in [3.63, 3.8) is 0 Å². The molecule has 2 aliphatic rings. The monoisotopic (exact) mass is 453 g/mol. The van der Waals surface area contributed by atoms with Crippen LogP contribution in [0.25, 0.3) is 0 Å². The van der Waals surface area contributed by atoms with E-state index in [4.69, 9.17) is 4.74 Å². The van der Waals surface area contributed by atoms with E-state index in [0.29, 0.717) is 6.42 Å². The van der Waals surface area contributed by atoms with E-state index in [1.165, 1.54) is 6.92 Å². The van der Waals surface area contributed by atoms with Crippen molar-refractivity contribution >= 4 is 28.8 Å². The summed E-state index contributed by atoms with van der Waals surface area (Å²) < 4.78 is 5.29. The number of methoxy groups -OCH3 is 1. The van der Waals surface area contributed by atoms with Crippen molar-refractivity contribution in [3.05, 3.63) is 95.2 Å². The van der Waals surface area contributed by atoms with E-state index >= 15 is 0 Å². The molecule has 1 aliphatic carbocycles. The minimum absolute atomic E-state index is 0.0951. The Kier molecular flexibility index (Phi) is 5.80. The number of rotatable bonds is 4. The predicted molar refractivity (Wildman–Crippen MR) is 134 cm³/mol. The summed E-state index contributed by atoms with van der Waals surface area (Å²) in [6.07, 6.45) is 1.19. The lowest BCUT2D eigenvalue weighted by Gasteiger charge is -2.30. The molecule has 3 aromatic rings. The van der Waals surface area contributed by atoms with Crippen LogP contribution in [0.3, 0.4) is 0 Å². The second-order valence-electron chi connectivity index (χ2n) is 8.74. The van der Waals surface area contributed by atoms with Crippen LogP contribution in [0.15, 0.2) is 84.1 Å². The molecule has 34 heavy (non-hydrogen) atoms. The summed E-state index contributed by atoms with van der Waals surface area (Å²) in [7, 11) is 1.65. The lowest BCUT2D eigenvalue weighted by Crippen LogP contribution is -2.26. The number of Topliss-reactive ketones (excluding diaryl/α,β-unsaturated/α-hetero) is 1. The van der Waals surface area contributed by atoms with Crippen LogP contribution in [0.5, 0.6) is 5.75 Å². The number of benzene rings is 3. The topological polar surface area (TPSA) is 79.5 Å². The van der Waals surface area contributed by atoms with E-state index in [1.54, 1.807) is 7.11 Å². The molecule has 5 rings (SSSR count). The van der Waals surface area contributed by atoms with E-state index in [-0.39, 0.29) is 23.7 Å². The molecule has 0 bridgehead atoms. The van der Waals surface area contributed by atoms with Crippen LogP contribution in [0, 0.1) is 0 Å². The molecule has 0 saturated heterocycles. The highest BCUT2D eigenvalue weighted by Crippen LogP contribution is 2.44. The van der Waals surface area contributed by atoms with Gasteiger partial charge in [0.15, 0.2) is 5.78 Å². The number of fused-ring (bicyclic) bond motifs is 1. The molecule has 6 heteroatoms. The molecule has 1 amide bonds. The molecule has 1 aliphatic heterocycles. The SMILES string of the molecule is COc1ccc([C@@H]2CC(=O)C3=C(C2)Nc2ccccc2N[C@H]3c2ccc(NC(C)=O)cc2)cc1. The fraction of sp³-hybridized carbons (Fsp3) is 0.214. The standard InChI is InChI=1S/C28H27N3O3/c1-17(32)29-21-11-7-19(8-12-21)28-27-25(30-23-5-3-4-6-24(23)31-28)15-20(16-26(27)33)18-9-13-22(34-2)14-10-18/h3-14,20,28,30-31H,15-16H2,1-2H3,(H,29,32)/t20-,28-/m0/s1. The van der Waals surface area contributed by atoms with E-state index < -0.39 is 0 Å². The number of hydrogen-bond donors (Lipinski definition) is 3. The Morgan fingerprint density at radius 1 is 0.912 bits per heavy atom. The smallest absolute Gasteiger partial charge is 0.221 e. The maximum atomic E-state index is 13.6.